The van der Waals surface area contributed by atoms with Gasteiger partial charge in [0.1, 0.15) is 0 Å². The fourth-order valence-electron chi connectivity index (χ4n) is 3.21. The van der Waals surface area contributed by atoms with Crippen molar-refractivity contribution < 1.29 is 14.7 Å². The van der Waals surface area contributed by atoms with E-state index in [0.29, 0.717) is 5.69 Å². The Morgan fingerprint density at radius 1 is 0.625 bits per heavy atom. The van der Waals surface area contributed by atoms with Crippen LogP contribution in [-0.2, 0) is 4.79 Å². The third kappa shape index (κ3) is 6.82. The van der Waals surface area contributed by atoms with Crippen LogP contribution in [0, 0.1) is 0 Å². The molecular weight excluding hydrogens is 505 g/mol. The molecule has 2 N–H and O–H groups in total. The molecule has 0 atom stereocenters. The monoisotopic (exact) mass is 530 g/mol. The van der Waals surface area contributed by atoms with Crippen molar-refractivity contribution in [2.75, 3.05) is 5.32 Å². The number of benzene rings is 4. The van der Waals surface area contributed by atoms with Gasteiger partial charge in [0.05, 0.1) is 5.56 Å². The molecule has 32 heavy (non-hydrogen) atoms. The van der Waals surface area contributed by atoms with Crippen molar-refractivity contribution in [1.29, 1.82) is 0 Å². The first kappa shape index (κ1) is 23.3. The average Bonchev–Trinajstić information content (AvgIpc) is 2.82. The van der Waals surface area contributed by atoms with E-state index in [1.807, 2.05) is 0 Å². The number of hydrogen-bond donors (Lipinski definition) is 2. The van der Waals surface area contributed by atoms with Crippen LogP contribution in [0.25, 0.3) is 0 Å². The van der Waals surface area contributed by atoms with Crippen LogP contribution in [0.4, 0.5) is 5.69 Å². The molecule has 4 nitrogen and oxygen atoms in total. The van der Waals surface area contributed by atoms with Gasteiger partial charge in [-0.1, -0.05) is 0 Å². The summed E-state index contributed by atoms with van der Waals surface area (Å²) in [4.78, 5) is 21.1. The summed E-state index contributed by atoms with van der Waals surface area (Å²) >= 11 is -1.98. The Kier molecular flexibility index (Phi) is 8.63. The van der Waals surface area contributed by atoms with Gasteiger partial charge in [-0.2, -0.15) is 0 Å². The number of carboxylic acids is 1. The molecule has 0 aromatic heterocycles. The second-order valence-corrected chi connectivity index (χ2v) is 14.1. The summed E-state index contributed by atoms with van der Waals surface area (Å²) in [6.45, 7) is 1.39. The summed E-state index contributed by atoms with van der Waals surface area (Å²) in [5, 5.41) is 11.1. The normalized spacial score (nSPS) is 10.1. The number of carbonyl (C=O) groups is 2. The molecular formula is C27H24NO3Sn. The van der Waals surface area contributed by atoms with Crippen LogP contribution in [0.2, 0.25) is 0 Å². The van der Waals surface area contributed by atoms with Crippen molar-refractivity contribution in [3.8, 4) is 0 Å². The first-order chi connectivity index (χ1) is 15.5. The van der Waals surface area contributed by atoms with Gasteiger partial charge in [-0.15, -0.1) is 0 Å². The van der Waals surface area contributed by atoms with Crippen molar-refractivity contribution in [3.05, 3.63) is 121 Å². The van der Waals surface area contributed by atoms with Crippen LogP contribution in [0.5, 0.6) is 0 Å². The SMILES string of the molecule is CC(=O)Nc1ccc(C(=O)O)cc1.c1cc[c]([Sn]([c]2ccccc2)[c]2ccccc2)cc1. The molecule has 0 fully saturated rings. The van der Waals surface area contributed by atoms with Gasteiger partial charge in [0.15, 0.2) is 0 Å². The Bertz CT molecular complexity index is 1040. The van der Waals surface area contributed by atoms with Gasteiger partial charge in [0.25, 0.3) is 0 Å². The molecule has 4 aromatic carbocycles. The Morgan fingerprint density at radius 3 is 1.31 bits per heavy atom. The molecule has 0 unspecified atom stereocenters. The van der Waals surface area contributed by atoms with E-state index in [9.17, 15) is 9.59 Å². The fourth-order valence-corrected chi connectivity index (χ4v) is 10.6. The molecule has 1 radical (unpaired) electrons. The molecule has 0 bridgehead atoms. The predicted molar refractivity (Wildman–Crippen MR) is 132 cm³/mol. The van der Waals surface area contributed by atoms with Crippen LogP contribution in [0.15, 0.2) is 115 Å². The van der Waals surface area contributed by atoms with E-state index in [2.05, 4.69) is 96.3 Å². The van der Waals surface area contributed by atoms with Gasteiger partial charge in [-0.3, -0.25) is 4.79 Å². The number of hydrogen-bond acceptors (Lipinski definition) is 2. The molecule has 0 saturated carbocycles. The number of carboxylic acid groups (broad SMARTS) is 1. The Labute approximate surface area is 195 Å². The molecule has 0 aliphatic carbocycles. The summed E-state index contributed by atoms with van der Waals surface area (Å²) in [6, 6.07) is 38.9. The van der Waals surface area contributed by atoms with Crippen LogP contribution in [0.3, 0.4) is 0 Å². The number of rotatable bonds is 5. The molecule has 4 aromatic rings. The van der Waals surface area contributed by atoms with Gasteiger partial charge in [0, 0.05) is 12.6 Å². The van der Waals surface area contributed by atoms with Gasteiger partial charge in [0.2, 0.25) is 5.91 Å². The van der Waals surface area contributed by atoms with Gasteiger partial charge in [-0.05, 0) is 24.3 Å². The minimum atomic E-state index is -1.98. The van der Waals surface area contributed by atoms with Gasteiger partial charge >= 0.3 is 127 Å². The molecule has 0 aliphatic rings. The summed E-state index contributed by atoms with van der Waals surface area (Å²) in [6.07, 6.45) is 0. The standard InChI is InChI=1S/C9H9NO3.3C6H5.Sn/c1-6(11)10-8-4-2-7(3-5-8)9(12)13;3*1-2-4-6-5-3-1;/h2-5H,1H3,(H,10,11)(H,12,13);3*1-5H;. The van der Waals surface area contributed by atoms with E-state index in [1.54, 1.807) is 12.1 Å². The Hall–Kier alpha value is -3.38. The number of aromatic carboxylic acids is 1. The predicted octanol–water partition coefficient (Wildman–Crippen LogP) is 3.55. The second-order valence-electron chi connectivity index (χ2n) is 7.04. The maximum atomic E-state index is 10.6. The summed E-state index contributed by atoms with van der Waals surface area (Å²) in [7, 11) is 0. The van der Waals surface area contributed by atoms with E-state index >= 15 is 0 Å². The third-order valence-electron chi connectivity index (χ3n) is 4.64. The summed E-state index contributed by atoms with van der Waals surface area (Å²) < 4.78 is 4.59. The van der Waals surface area contributed by atoms with Crippen LogP contribution in [-0.4, -0.2) is 36.7 Å². The number of anilines is 1. The van der Waals surface area contributed by atoms with Crippen molar-refractivity contribution in [2.45, 2.75) is 6.92 Å². The summed E-state index contributed by atoms with van der Waals surface area (Å²) in [5.74, 6) is -1.16. The van der Waals surface area contributed by atoms with E-state index in [0.717, 1.165) is 0 Å². The molecule has 4 rings (SSSR count). The van der Waals surface area contributed by atoms with Crippen LogP contribution in [0.1, 0.15) is 17.3 Å². The number of amides is 1. The van der Waals surface area contributed by atoms with E-state index in [-0.39, 0.29) is 11.5 Å². The Morgan fingerprint density at radius 2 is 1.00 bits per heavy atom. The number of carbonyl (C=O) groups excluding carboxylic acids is 1. The fraction of sp³-hybridized carbons (Fsp3) is 0.0370. The zero-order valence-electron chi connectivity index (χ0n) is 17.7. The van der Waals surface area contributed by atoms with Crippen LogP contribution >= 0.6 is 0 Å². The topological polar surface area (TPSA) is 66.4 Å². The van der Waals surface area contributed by atoms with Crippen molar-refractivity contribution in [2.24, 2.45) is 0 Å². The molecule has 1 amide bonds. The number of nitrogens with one attached hydrogen (secondary N) is 1. The molecule has 0 heterocycles. The first-order valence-electron chi connectivity index (χ1n) is 10.2. The van der Waals surface area contributed by atoms with E-state index in [4.69, 9.17) is 5.11 Å². The molecule has 159 valence electrons. The Balaban J connectivity index is 0.000000195. The average molecular weight is 529 g/mol. The second kappa shape index (κ2) is 11.9. The van der Waals surface area contributed by atoms with E-state index < -0.39 is 25.7 Å². The molecule has 0 aliphatic heterocycles. The van der Waals surface area contributed by atoms with Crippen molar-refractivity contribution >= 4 is 48.1 Å². The first-order valence-corrected chi connectivity index (χ1v) is 14.5. The van der Waals surface area contributed by atoms with Gasteiger partial charge in [-0.25, -0.2) is 4.79 Å². The zero-order valence-corrected chi connectivity index (χ0v) is 20.6. The zero-order chi connectivity index (χ0) is 22.8. The summed E-state index contributed by atoms with van der Waals surface area (Å²) in [5.41, 5.74) is 0.798. The van der Waals surface area contributed by atoms with Crippen LogP contribution < -0.4 is 16.1 Å². The maximum absolute atomic E-state index is 10.6. The third-order valence-corrected chi connectivity index (χ3v) is 12.4. The molecule has 5 heteroatoms. The van der Waals surface area contributed by atoms with Gasteiger partial charge < -0.3 is 10.4 Å². The molecule has 0 spiro atoms. The van der Waals surface area contributed by atoms with Crippen molar-refractivity contribution in [1.82, 2.24) is 0 Å². The molecule has 0 saturated heterocycles. The van der Waals surface area contributed by atoms with E-state index in [1.165, 1.54) is 29.8 Å². The quantitative estimate of drug-likeness (QED) is 0.389. The van der Waals surface area contributed by atoms with Crippen molar-refractivity contribution in [3.63, 3.8) is 0 Å². The minimum absolute atomic E-state index is 0.178.